The zero-order valence-corrected chi connectivity index (χ0v) is 13.1. The molecule has 4 nitrogen and oxygen atoms in total. The Kier molecular flexibility index (Phi) is 7.23. The molecule has 0 radical (unpaired) electrons. The first-order chi connectivity index (χ1) is 9.56. The topological polar surface area (TPSA) is 56.5 Å². The van der Waals surface area contributed by atoms with Gasteiger partial charge in [-0.3, -0.25) is 0 Å². The van der Waals surface area contributed by atoms with Crippen LogP contribution in [0, 0.1) is 5.92 Å². The molecule has 1 atom stereocenters. The number of rotatable bonds is 9. The van der Waals surface area contributed by atoms with Crippen molar-refractivity contribution in [2.24, 2.45) is 5.92 Å². The van der Waals surface area contributed by atoms with Crippen LogP contribution in [0.5, 0.6) is 5.75 Å². The van der Waals surface area contributed by atoms with Crippen LogP contribution in [0.1, 0.15) is 34.1 Å². The maximum atomic E-state index is 5.93. The van der Waals surface area contributed by atoms with Gasteiger partial charge in [-0.1, -0.05) is 20.8 Å². The molecule has 0 aliphatic carbocycles. The number of nitrogens with two attached hydrogens (primary N) is 1. The molecular formula is C16H28N2O2. The molecule has 3 N–H and O–H groups in total. The van der Waals surface area contributed by atoms with Crippen LogP contribution < -0.4 is 15.8 Å². The first-order valence-corrected chi connectivity index (χ1v) is 7.44. The number of nitrogens with one attached hydrogen (secondary N) is 1. The van der Waals surface area contributed by atoms with Crippen LogP contribution in [0.2, 0.25) is 0 Å². The second-order valence-electron chi connectivity index (χ2n) is 5.29. The molecule has 1 unspecified atom stereocenters. The van der Waals surface area contributed by atoms with Gasteiger partial charge in [0.15, 0.2) is 0 Å². The predicted octanol–water partition coefficient (Wildman–Crippen LogP) is 3.53. The molecule has 0 fully saturated rings. The summed E-state index contributed by atoms with van der Waals surface area (Å²) in [4.78, 5) is 0. The summed E-state index contributed by atoms with van der Waals surface area (Å²) in [6, 6.07) is 6.04. The van der Waals surface area contributed by atoms with Crippen LogP contribution in [0.3, 0.4) is 0 Å². The summed E-state index contributed by atoms with van der Waals surface area (Å²) in [7, 11) is 0. The minimum atomic E-state index is 0.260. The quantitative estimate of drug-likeness (QED) is 0.679. The fourth-order valence-electron chi connectivity index (χ4n) is 1.87. The van der Waals surface area contributed by atoms with E-state index < -0.39 is 0 Å². The van der Waals surface area contributed by atoms with E-state index in [0.29, 0.717) is 24.8 Å². The fraction of sp³-hybridized carbons (Fsp3) is 0.625. The molecule has 4 heteroatoms. The van der Waals surface area contributed by atoms with Gasteiger partial charge < -0.3 is 20.5 Å². The van der Waals surface area contributed by atoms with Crippen molar-refractivity contribution in [1.82, 2.24) is 0 Å². The SMILES string of the molecule is CCCOc1cc(N)cc(NC(COCC)C(C)C)c1. The van der Waals surface area contributed by atoms with Gasteiger partial charge in [0.05, 0.1) is 19.3 Å². The van der Waals surface area contributed by atoms with Crippen LogP contribution in [0.15, 0.2) is 18.2 Å². The molecule has 0 spiro atoms. The Labute approximate surface area is 122 Å². The van der Waals surface area contributed by atoms with Crippen LogP contribution >= 0.6 is 0 Å². The average Bonchev–Trinajstić information content (AvgIpc) is 2.40. The third-order valence-corrected chi connectivity index (χ3v) is 3.06. The standard InChI is InChI=1S/C16H28N2O2/c1-5-7-20-15-9-13(17)8-14(10-15)18-16(12(3)4)11-19-6-2/h8-10,12,16,18H,5-7,11,17H2,1-4H3. The minimum absolute atomic E-state index is 0.260. The highest BCUT2D eigenvalue weighted by Gasteiger charge is 2.14. The highest BCUT2D eigenvalue weighted by molar-refractivity contribution is 5.59. The molecule has 20 heavy (non-hydrogen) atoms. The molecule has 1 aromatic carbocycles. The van der Waals surface area contributed by atoms with Gasteiger partial charge in [0.2, 0.25) is 0 Å². The molecule has 1 rings (SSSR count). The second-order valence-corrected chi connectivity index (χ2v) is 5.29. The summed E-state index contributed by atoms with van der Waals surface area (Å²) in [5, 5.41) is 3.49. The van der Waals surface area contributed by atoms with Crippen LogP contribution in [0.25, 0.3) is 0 Å². The van der Waals surface area contributed by atoms with Gasteiger partial charge in [-0.25, -0.2) is 0 Å². The Morgan fingerprint density at radius 3 is 2.55 bits per heavy atom. The van der Waals surface area contributed by atoms with Gasteiger partial charge in [0.25, 0.3) is 0 Å². The number of hydrogen-bond acceptors (Lipinski definition) is 4. The van der Waals surface area contributed by atoms with Crippen molar-refractivity contribution in [3.05, 3.63) is 18.2 Å². The van der Waals surface area contributed by atoms with Gasteiger partial charge >= 0.3 is 0 Å². The average molecular weight is 280 g/mol. The maximum Gasteiger partial charge on any atom is 0.123 e. The van der Waals surface area contributed by atoms with Gasteiger partial charge in [0.1, 0.15) is 5.75 Å². The van der Waals surface area contributed by atoms with E-state index in [1.165, 1.54) is 0 Å². The molecule has 1 aromatic rings. The van der Waals surface area contributed by atoms with Crippen molar-refractivity contribution in [3.8, 4) is 5.75 Å². The van der Waals surface area contributed by atoms with E-state index in [2.05, 4.69) is 26.1 Å². The zero-order valence-electron chi connectivity index (χ0n) is 13.1. The fourth-order valence-corrected chi connectivity index (χ4v) is 1.87. The Morgan fingerprint density at radius 1 is 1.20 bits per heavy atom. The molecule has 0 aliphatic rings. The Bertz CT molecular complexity index is 394. The van der Waals surface area contributed by atoms with E-state index in [-0.39, 0.29) is 6.04 Å². The molecule has 0 saturated carbocycles. The van der Waals surface area contributed by atoms with Crippen LogP contribution in [0.4, 0.5) is 11.4 Å². The summed E-state index contributed by atoms with van der Waals surface area (Å²) in [6.45, 7) is 10.6. The van der Waals surface area contributed by atoms with Gasteiger partial charge in [0, 0.05) is 30.1 Å². The number of anilines is 2. The summed E-state index contributed by atoms with van der Waals surface area (Å²) in [6.07, 6.45) is 0.983. The lowest BCUT2D eigenvalue weighted by molar-refractivity contribution is 0.127. The van der Waals surface area contributed by atoms with Crippen molar-refractivity contribution in [2.75, 3.05) is 30.9 Å². The highest BCUT2D eigenvalue weighted by Crippen LogP contribution is 2.24. The van der Waals surface area contributed by atoms with Crippen molar-refractivity contribution in [3.63, 3.8) is 0 Å². The van der Waals surface area contributed by atoms with E-state index in [0.717, 1.165) is 24.5 Å². The molecule has 0 saturated heterocycles. The number of ether oxygens (including phenoxy) is 2. The number of hydrogen-bond donors (Lipinski definition) is 2. The molecule has 114 valence electrons. The predicted molar refractivity (Wildman–Crippen MR) is 85.4 cm³/mol. The van der Waals surface area contributed by atoms with Gasteiger partial charge in [-0.05, 0) is 25.3 Å². The first kappa shape index (κ1) is 16.6. The minimum Gasteiger partial charge on any atom is -0.493 e. The van der Waals surface area contributed by atoms with Crippen LogP contribution in [-0.2, 0) is 4.74 Å². The van der Waals surface area contributed by atoms with Crippen LogP contribution in [-0.4, -0.2) is 25.9 Å². The largest absolute Gasteiger partial charge is 0.493 e. The first-order valence-electron chi connectivity index (χ1n) is 7.44. The summed E-state index contributed by atoms with van der Waals surface area (Å²) in [5.74, 6) is 1.29. The Balaban J connectivity index is 2.75. The van der Waals surface area contributed by atoms with Crippen molar-refractivity contribution in [2.45, 2.75) is 40.2 Å². The molecule has 0 bridgehead atoms. The van der Waals surface area contributed by atoms with E-state index in [1.807, 2.05) is 25.1 Å². The third kappa shape index (κ3) is 5.70. The van der Waals surface area contributed by atoms with Crippen molar-refractivity contribution < 1.29 is 9.47 Å². The van der Waals surface area contributed by atoms with Crippen molar-refractivity contribution >= 4 is 11.4 Å². The molecule has 0 heterocycles. The smallest absolute Gasteiger partial charge is 0.123 e. The number of benzene rings is 1. The van der Waals surface area contributed by atoms with E-state index >= 15 is 0 Å². The van der Waals surface area contributed by atoms with E-state index in [1.54, 1.807) is 0 Å². The van der Waals surface area contributed by atoms with E-state index in [9.17, 15) is 0 Å². The Hall–Kier alpha value is -1.42. The lowest BCUT2D eigenvalue weighted by Gasteiger charge is -2.24. The normalized spacial score (nSPS) is 12.4. The Morgan fingerprint density at radius 2 is 1.95 bits per heavy atom. The molecule has 0 aromatic heterocycles. The lowest BCUT2D eigenvalue weighted by Crippen LogP contribution is -2.31. The zero-order chi connectivity index (χ0) is 15.0. The molecule has 0 amide bonds. The molecular weight excluding hydrogens is 252 g/mol. The van der Waals surface area contributed by atoms with Crippen molar-refractivity contribution in [1.29, 1.82) is 0 Å². The van der Waals surface area contributed by atoms with Gasteiger partial charge in [-0.15, -0.1) is 0 Å². The summed E-state index contributed by atoms with van der Waals surface area (Å²) >= 11 is 0. The van der Waals surface area contributed by atoms with Gasteiger partial charge in [-0.2, -0.15) is 0 Å². The third-order valence-electron chi connectivity index (χ3n) is 3.06. The maximum absolute atomic E-state index is 5.93. The lowest BCUT2D eigenvalue weighted by atomic mass is 10.0. The monoisotopic (exact) mass is 280 g/mol. The summed E-state index contributed by atoms with van der Waals surface area (Å²) < 4.78 is 11.2. The molecule has 0 aliphatic heterocycles. The number of nitrogen functional groups attached to an aromatic ring is 1. The summed E-state index contributed by atoms with van der Waals surface area (Å²) in [5.41, 5.74) is 7.62. The highest BCUT2D eigenvalue weighted by atomic mass is 16.5. The second kappa shape index (κ2) is 8.69. The van der Waals surface area contributed by atoms with E-state index in [4.69, 9.17) is 15.2 Å².